The molecule has 0 bridgehead atoms. The number of carbonyl (C=O) groups excluding carboxylic acids is 2. The van der Waals surface area contributed by atoms with E-state index in [1.165, 1.54) is 31.4 Å². The van der Waals surface area contributed by atoms with Gasteiger partial charge in [-0.1, -0.05) is 43.5 Å². The maximum Gasteiger partial charge on any atom is 0.338 e. The fourth-order valence-corrected chi connectivity index (χ4v) is 2.96. The lowest BCUT2D eigenvalue weighted by Crippen LogP contribution is -1.99. The van der Waals surface area contributed by atoms with Crippen LogP contribution in [0.3, 0.4) is 0 Å². The molecule has 0 aliphatic heterocycles. The van der Waals surface area contributed by atoms with E-state index in [9.17, 15) is 18.4 Å². The fourth-order valence-electron chi connectivity index (χ4n) is 2.96. The summed E-state index contributed by atoms with van der Waals surface area (Å²) in [6, 6.07) is 15.4. The first-order valence-corrected chi connectivity index (χ1v) is 10.8. The van der Waals surface area contributed by atoms with Crippen molar-refractivity contribution in [1.29, 1.82) is 0 Å². The molecule has 0 N–H and O–H groups in total. The number of halogens is 2. The average molecular weight is 504 g/mol. The van der Waals surface area contributed by atoms with Crippen LogP contribution in [0.15, 0.2) is 111 Å². The van der Waals surface area contributed by atoms with Gasteiger partial charge in [0.05, 0.1) is 0 Å². The third-order valence-corrected chi connectivity index (χ3v) is 4.78. The quantitative estimate of drug-likeness (QED) is 0.171. The van der Waals surface area contributed by atoms with E-state index >= 15 is 0 Å². The highest BCUT2D eigenvalue weighted by atomic mass is 19.1. The smallest absolute Gasteiger partial charge is 0.338 e. The van der Waals surface area contributed by atoms with E-state index in [4.69, 9.17) is 14.2 Å². The van der Waals surface area contributed by atoms with Gasteiger partial charge in [0.15, 0.2) is 11.6 Å². The third kappa shape index (κ3) is 7.50. The minimum atomic E-state index is -0.722. The zero-order valence-corrected chi connectivity index (χ0v) is 19.8. The summed E-state index contributed by atoms with van der Waals surface area (Å²) in [5.41, 5.74) is 2.13. The number of hydrogen-bond donors (Lipinski definition) is 0. The van der Waals surface area contributed by atoms with Gasteiger partial charge in [-0.05, 0) is 53.9 Å². The number of esters is 2. The van der Waals surface area contributed by atoms with Crippen LogP contribution in [0.2, 0.25) is 0 Å². The SMILES string of the molecule is C=CC(=O)O/C=C\Oc1ccc(-c2ccc(-c3ccc(O/C=C\OC(=O)C(=C)C)cc3)cc2F)cc1F. The molecule has 0 aliphatic carbocycles. The summed E-state index contributed by atoms with van der Waals surface area (Å²) in [5.74, 6) is -2.15. The zero-order chi connectivity index (χ0) is 26.8. The molecule has 0 atom stereocenters. The molecule has 6 nitrogen and oxygen atoms in total. The molecule has 0 aliphatic rings. The average Bonchev–Trinajstić information content (AvgIpc) is 2.89. The number of ether oxygens (including phenoxy) is 4. The largest absolute Gasteiger partial charge is 0.462 e. The summed E-state index contributed by atoms with van der Waals surface area (Å²) in [4.78, 5) is 22.3. The van der Waals surface area contributed by atoms with Crippen LogP contribution in [0.25, 0.3) is 22.3 Å². The molecule has 3 rings (SSSR count). The van der Waals surface area contributed by atoms with Gasteiger partial charge in [0.25, 0.3) is 0 Å². The molecule has 0 heterocycles. The molecule has 0 spiro atoms. The molecule has 0 aromatic heterocycles. The van der Waals surface area contributed by atoms with Crippen LogP contribution in [0.5, 0.6) is 11.5 Å². The predicted molar refractivity (Wildman–Crippen MR) is 134 cm³/mol. The minimum absolute atomic E-state index is 0.127. The van der Waals surface area contributed by atoms with Gasteiger partial charge in [-0.25, -0.2) is 18.4 Å². The second-order valence-electron chi connectivity index (χ2n) is 7.47. The monoisotopic (exact) mass is 504 g/mol. The molecule has 0 saturated carbocycles. The van der Waals surface area contributed by atoms with Crippen LogP contribution in [0.4, 0.5) is 8.78 Å². The molecule has 0 saturated heterocycles. The maximum absolute atomic E-state index is 14.9. The van der Waals surface area contributed by atoms with Gasteiger partial charge in [0.1, 0.15) is 36.6 Å². The second kappa shape index (κ2) is 12.6. The van der Waals surface area contributed by atoms with Gasteiger partial charge in [-0.15, -0.1) is 0 Å². The van der Waals surface area contributed by atoms with E-state index < -0.39 is 23.6 Å². The summed E-state index contributed by atoms with van der Waals surface area (Å²) >= 11 is 0. The number of rotatable bonds is 10. The van der Waals surface area contributed by atoms with E-state index in [2.05, 4.69) is 17.9 Å². The van der Waals surface area contributed by atoms with Crippen molar-refractivity contribution in [3.63, 3.8) is 0 Å². The number of hydrogen-bond acceptors (Lipinski definition) is 6. The van der Waals surface area contributed by atoms with E-state index in [1.807, 2.05) is 0 Å². The highest BCUT2D eigenvalue weighted by Gasteiger charge is 2.11. The first kappa shape index (κ1) is 26.6. The zero-order valence-electron chi connectivity index (χ0n) is 19.8. The lowest BCUT2D eigenvalue weighted by atomic mass is 9.99. The Kier molecular flexibility index (Phi) is 9.10. The molecule has 8 heteroatoms. The Bertz CT molecular complexity index is 1370. The van der Waals surface area contributed by atoms with E-state index in [0.29, 0.717) is 16.9 Å². The standard InChI is InChI=1S/C29H22F2O6/c1-4-28(32)36-15-14-35-27-12-8-22(18-26(27)31)24-11-7-21(17-25(24)30)20-5-9-23(10-6-20)34-13-16-37-29(33)19(2)3/h4-18H,1-2H2,3H3/b15-14-,16-13-. The van der Waals surface area contributed by atoms with Crippen LogP contribution >= 0.6 is 0 Å². The van der Waals surface area contributed by atoms with Gasteiger partial charge in [0, 0.05) is 17.2 Å². The highest BCUT2D eigenvalue weighted by molar-refractivity contribution is 5.87. The molecule has 0 unspecified atom stereocenters. The maximum atomic E-state index is 14.9. The Hall–Kier alpha value is -4.98. The lowest BCUT2D eigenvalue weighted by Gasteiger charge is -2.09. The van der Waals surface area contributed by atoms with Crippen molar-refractivity contribution in [2.45, 2.75) is 6.92 Å². The van der Waals surface area contributed by atoms with Gasteiger partial charge < -0.3 is 18.9 Å². The summed E-state index contributed by atoms with van der Waals surface area (Å²) < 4.78 is 49.2. The van der Waals surface area contributed by atoms with Crippen LogP contribution < -0.4 is 9.47 Å². The minimum Gasteiger partial charge on any atom is -0.462 e. The summed E-state index contributed by atoms with van der Waals surface area (Å²) in [6.45, 7) is 8.24. The fraction of sp³-hybridized carbons (Fsp3) is 0.0345. The van der Waals surface area contributed by atoms with E-state index in [-0.39, 0.29) is 16.9 Å². The molecule has 37 heavy (non-hydrogen) atoms. The van der Waals surface area contributed by atoms with E-state index in [1.54, 1.807) is 36.4 Å². The Morgan fingerprint density at radius 2 is 1.38 bits per heavy atom. The highest BCUT2D eigenvalue weighted by Crippen LogP contribution is 2.31. The van der Waals surface area contributed by atoms with Gasteiger partial charge >= 0.3 is 11.9 Å². The first-order valence-electron chi connectivity index (χ1n) is 10.8. The molecule has 3 aromatic rings. The van der Waals surface area contributed by atoms with E-state index in [0.717, 1.165) is 36.5 Å². The van der Waals surface area contributed by atoms with Crippen LogP contribution in [0, 0.1) is 11.6 Å². The van der Waals surface area contributed by atoms with Crippen molar-refractivity contribution in [2.75, 3.05) is 0 Å². The molecular weight excluding hydrogens is 482 g/mol. The van der Waals surface area contributed by atoms with Crippen molar-refractivity contribution in [3.8, 4) is 33.8 Å². The van der Waals surface area contributed by atoms with Crippen LogP contribution in [-0.2, 0) is 19.1 Å². The molecule has 188 valence electrons. The molecule has 0 amide bonds. The van der Waals surface area contributed by atoms with Crippen molar-refractivity contribution in [2.24, 2.45) is 0 Å². The van der Waals surface area contributed by atoms with Gasteiger partial charge in [-0.2, -0.15) is 0 Å². The second-order valence-corrected chi connectivity index (χ2v) is 7.47. The summed E-state index contributed by atoms with van der Waals surface area (Å²) in [5, 5.41) is 0. The first-order chi connectivity index (χ1) is 17.8. The number of benzene rings is 3. The lowest BCUT2D eigenvalue weighted by molar-refractivity contribution is -0.134. The Morgan fingerprint density at radius 3 is 2.03 bits per heavy atom. The summed E-state index contributed by atoms with van der Waals surface area (Å²) in [7, 11) is 0. The van der Waals surface area contributed by atoms with Crippen molar-refractivity contribution in [3.05, 3.63) is 122 Å². The predicted octanol–water partition coefficient (Wildman–Crippen LogP) is 6.85. The van der Waals surface area contributed by atoms with Crippen molar-refractivity contribution < 1.29 is 37.3 Å². The van der Waals surface area contributed by atoms with Crippen molar-refractivity contribution in [1.82, 2.24) is 0 Å². The third-order valence-electron chi connectivity index (χ3n) is 4.78. The van der Waals surface area contributed by atoms with Crippen LogP contribution in [0.1, 0.15) is 6.92 Å². The number of carbonyl (C=O) groups is 2. The Balaban J connectivity index is 1.66. The Morgan fingerprint density at radius 1 is 0.757 bits per heavy atom. The Labute approximate surface area is 212 Å². The van der Waals surface area contributed by atoms with Crippen LogP contribution in [-0.4, -0.2) is 11.9 Å². The van der Waals surface area contributed by atoms with Gasteiger partial charge in [-0.3, -0.25) is 0 Å². The molecule has 3 aromatic carbocycles. The van der Waals surface area contributed by atoms with Gasteiger partial charge in [0.2, 0.25) is 0 Å². The van der Waals surface area contributed by atoms with Crippen molar-refractivity contribution >= 4 is 11.9 Å². The molecular formula is C29H22F2O6. The molecule has 0 radical (unpaired) electrons. The summed E-state index contributed by atoms with van der Waals surface area (Å²) in [6.07, 6.45) is 5.24. The normalized spacial score (nSPS) is 10.8. The topological polar surface area (TPSA) is 71.1 Å². The molecule has 0 fully saturated rings.